The molecule has 6 heteroatoms. The molecule has 1 rings (SSSR count). The largest absolute Gasteiger partial charge is 0.394 e. The maximum Gasteiger partial charge on any atom is 0.188 e. The van der Waals surface area contributed by atoms with Crippen LogP contribution >= 0.6 is 0 Å². The summed E-state index contributed by atoms with van der Waals surface area (Å²) >= 11 is 0. The van der Waals surface area contributed by atoms with Gasteiger partial charge in [0.2, 0.25) is 0 Å². The van der Waals surface area contributed by atoms with E-state index in [4.69, 9.17) is 14.2 Å². The standard InChI is InChI=1S/C10H20O6.3H2/c1-9(13)7(12)10(2,15-4)6(5-11)16-8(9)14-3;;;/h6-8,11-13H,5H2,1-4H3;3*1H. The Morgan fingerprint density at radius 1 is 1.38 bits per heavy atom. The Bertz CT molecular complexity index is 255. The van der Waals surface area contributed by atoms with Crippen LogP contribution in [0.4, 0.5) is 0 Å². The second-order valence-corrected chi connectivity index (χ2v) is 4.39. The van der Waals surface area contributed by atoms with E-state index in [1.165, 1.54) is 21.1 Å². The molecule has 5 atom stereocenters. The van der Waals surface area contributed by atoms with Crippen LogP contribution in [0.25, 0.3) is 0 Å². The van der Waals surface area contributed by atoms with Crippen LogP contribution < -0.4 is 0 Å². The topological polar surface area (TPSA) is 88.4 Å². The lowest BCUT2D eigenvalue weighted by molar-refractivity contribution is -0.359. The summed E-state index contributed by atoms with van der Waals surface area (Å²) in [7, 11) is 2.74. The molecule has 1 fully saturated rings. The second kappa shape index (κ2) is 4.56. The fourth-order valence-electron chi connectivity index (χ4n) is 2.07. The van der Waals surface area contributed by atoms with Crippen LogP contribution in [0.5, 0.6) is 0 Å². The first-order valence-electron chi connectivity index (χ1n) is 5.09. The molecule has 1 saturated heterocycles. The first kappa shape index (κ1) is 13.8. The summed E-state index contributed by atoms with van der Waals surface area (Å²) in [5.41, 5.74) is -2.79. The predicted octanol–water partition coefficient (Wildman–Crippen LogP) is -0.395. The summed E-state index contributed by atoms with van der Waals surface area (Å²) in [6, 6.07) is 0. The highest BCUT2D eigenvalue weighted by atomic mass is 16.7. The zero-order chi connectivity index (χ0) is 12.6. The van der Waals surface area contributed by atoms with Gasteiger partial charge in [-0.1, -0.05) is 0 Å². The predicted molar refractivity (Wildman–Crippen MR) is 61.1 cm³/mol. The van der Waals surface area contributed by atoms with E-state index in [9.17, 15) is 15.3 Å². The molecule has 0 aromatic rings. The monoisotopic (exact) mass is 242 g/mol. The van der Waals surface area contributed by atoms with E-state index in [0.29, 0.717) is 0 Å². The van der Waals surface area contributed by atoms with Gasteiger partial charge in [-0.15, -0.1) is 0 Å². The van der Waals surface area contributed by atoms with E-state index < -0.39 is 29.7 Å². The van der Waals surface area contributed by atoms with Crippen molar-refractivity contribution in [2.75, 3.05) is 20.8 Å². The number of ether oxygens (including phenoxy) is 3. The molecule has 5 unspecified atom stereocenters. The average Bonchev–Trinajstić information content (AvgIpc) is 2.26. The zero-order valence-corrected chi connectivity index (χ0v) is 10.0. The van der Waals surface area contributed by atoms with Crippen molar-refractivity contribution in [3.63, 3.8) is 0 Å². The van der Waals surface area contributed by atoms with Gasteiger partial charge < -0.3 is 29.5 Å². The van der Waals surface area contributed by atoms with Crippen molar-refractivity contribution in [1.29, 1.82) is 0 Å². The minimum atomic E-state index is -1.61. The maximum atomic E-state index is 10.1. The molecule has 0 aromatic carbocycles. The number of rotatable bonds is 3. The van der Waals surface area contributed by atoms with Gasteiger partial charge >= 0.3 is 0 Å². The lowest BCUT2D eigenvalue weighted by Crippen LogP contribution is -2.71. The third-order valence-electron chi connectivity index (χ3n) is 3.32. The molecule has 0 amide bonds. The van der Waals surface area contributed by atoms with Crippen LogP contribution in [0.1, 0.15) is 18.1 Å². The van der Waals surface area contributed by atoms with Crippen LogP contribution in [-0.2, 0) is 14.2 Å². The van der Waals surface area contributed by atoms with Gasteiger partial charge in [-0.05, 0) is 13.8 Å². The summed E-state index contributed by atoms with van der Waals surface area (Å²) in [6.45, 7) is 2.63. The minimum absolute atomic E-state index is 0. The van der Waals surface area contributed by atoms with Crippen LogP contribution in [0.15, 0.2) is 0 Å². The second-order valence-electron chi connectivity index (χ2n) is 4.39. The van der Waals surface area contributed by atoms with Gasteiger partial charge in [0.1, 0.15) is 23.4 Å². The lowest BCUT2D eigenvalue weighted by Gasteiger charge is -2.52. The third-order valence-corrected chi connectivity index (χ3v) is 3.32. The van der Waals surface area contributed by atoms with E-state index in [1.54, 1.807) is 6.92 Å². The normalized spacial score (nSPS) is 49.3. The Labute approximate surface area is 99.2 Å². The lowest BCUT2D eigenvalue weighted by atomic mass is 9.79. The molecule has 0 bridgehead atoms. The summed E-state index contributed by atoms with van der Waals surface area (Å²) in [5.74, 6) is 0. The molecular weight excluding hydrogens is 216 g/mol. The van der Waals surface area contributed by atoms with Gasteiger partial charge in [0, 0.05) is 18.5 Å². The Kier molecular flexibility index (Phi) is 3.94. The van der Waals surface area contributed by atoms with E-state index in [2.05, 4.69) is 0 Å². The SMILES string of the molecule is COC1OC(CO)C(C)(OC)C(O)C1(C)O.[HH].[HH].[HH]. The molecular formula is C10H26O6. The number of aliphatic hydroxyl groups excluding tert-OH is 2. The summed E-state index contributed by atoms with van der Waals surface area (Å²) in [5, 5.41) is 29.4. The molecule has 102 valence electrons. The Morgan fingerprint density at radius 2 is 1.94 bits per heavy atom. The molecule has 1 heterocycles. The highest BCUT2D eigenvalue weighted by molar-refractivity contribution is 5.06. The zero-order valence-electron chi connectivity index (χ0n) is 10.0. The molecule has 0 radical (unpaired) electrons. The van der Waals surface area contributed by atoms with Crippen molar-refractivity contribution in [2.24, 2.45) is 0 Å². The molecule has 0 aliphatic carbocycles. The van der Waals surface area contributed by atoms with Crippen LogP contribution in [0.3, 0.4) is 0 Å². The summed E-state index contributed by atoms with van der Waals surface area (Å²) in [6.07, 6.45) is -3.01. The number of hydrogen-bond acceptors (Lipinski definition) is 6. The van der Waals surface area contributed by atoms with E-state index in [1.807, 2.05) is 0 Å². The van der Waals surface area contributed by atoms with Crippen molar-refractivity contribution in [3.05, 3.63) is 0 Å². The summed E-state index contributed by atoms with van der Waals surface area (Å²) < 4.78 is 15.5. The quantitative estimate of drug-likeness (QED) is 0.624. The van der Waals surface area contributed by atoms with Crippen molar-refractivity contribution in [1.82, 2.24) is 0 Å². The van der Waals surface area contributed by atoms with Crippen LogP contribution in [0, 0.1) is 0 Å². The van der Waals surface area contributed by atoms with Crippen LogP contribution in [0.2, 0.25) is 0 Å². The summed E-state index contributed by atoms with van der Waals surface area (Å²) in [4.78, 5) is 0. The van der Waals surface area contributed by atoms with Crippen molar-refractivity contribution < 1.29 is 33.8 Å². The Balaban J connectivity index is -0.000000853. The smallest absolute Gasteiger partial charge is 0.188 e. The van der Waals surface area contributed by atoms with E-state index in [0.717, 1.165) is 0 Å². The maximum absolute atomic E-state index is 10.1. The average molecular weight is 242 g/mol. The van der Waals surface area contributed by atoms with E-state index in [-0.39, 0.29) is 10.9 Å². The fraction of sp³-hybridized carbons (Fsp3) is 1.00. The van der Waals surface area contributed by atoms with Gasteiger partial charge in [-0.2, -0.15) is 0 Å². The highest BCUT2D eigenvalue weighted by Crippen LogP contribution is 2.38. The van der Waals surface area contributed by atoms with Gasteiger partial charge in [0.15, 0.2) is 6.29 Å². The first-order valence-corrected chi connectivity index (χ1v) is 5.09. The van der Waals surface area contributed by atoms with Crippen molar-refractivity contribution in [3.8, 4) is 0 Å². The van der Waals surface area contributed by atoms with Crippen LogP contribution in [-0.4, -0.2) is 65.8 Å². The number of methoxy groups -OCH3 is 2. The molecule has 0 spiro atoms. The minimum Gasteiger partial charge on any atom is -0.394 e. The molecule has 3 N–H and O–H groups in total. The molecule has 16 heavy (non-hydrogen) atoms. The third kappa shape index (κ3) is 1.85. The molecule has 6 nitrogen and oxygen atoms in total. The van der Waals surface area contributed by atoms with Gasteiger partial charge in [0.25, 0.3) is 0 Å². The first-order chi connectivity index (χ1) is 7.34. The van der Waals surface area contributed by atoms with Gasteiger partial charge in [0.05, 0.1) is 6.61 Å². The fourth-order valence-corrected chi connectivity index (χ4v) is 2.07. The Morgan fingerprint density at radius 3 is 2.31 bits per heavy atom. The number of aliphatic hydroxyl groups is 3. The Hall–Kier alpha value is -0.240. The van der Waals surface area contributed by atoms with Crippen molar-refractivity contribution >= 4 is 0 Å². The van der Waals surface area contributed by atoms with Gasteiger partial charge in [-0.25, -0.2) is 0 Å². The molecule has 0 saturated carbocycles. The van der Waals surface area contributed by atoms with Gasteiger partial charge in [-0.3, -0.25) is 0 Å². The molecule has 1 aliphatic rings. The van der Waals surface area contributed by atoms with E-state index >= 15 is 0 Å². The van der Waals surface area contributed by atoms with Crippen molar-refractivity contribution in [2.45, 2.75) is 43.5 Å². The molecule has 1 aliphatic heterocycles. The number of hydrogen-bond donors (Lipinski definition) is 3. The highest BCUT2D eigenvalue weighted by Gasteiger charge is 2.59. The molecule has 0 aromatic heterocycles.